The normalized spacial score (nSPS) is 21.5. The average Bonchev–Trinajstić information content (AvgIpc) is 2.81. The van der Waals surface area contributed by atoms with Crippen molar-refractivity contribution in [2.75, 3.05) is 25.1 Å². The highest BCUT2D eigenvalue weighted by Gasteiger charge is 2.19. The highest BCUT2D eigenvalue weighted by atomic mass is 16.5. The summed E-state index contributed by atoms with van der Waals surface area (Å²) in [5.41, 5.74) is 2.07. The molecule has 3 nitrogen and oxygen atoms in total. The fourth-order valence-corrected chi connectivity index (χ4v) is 2.38. The topological polar surface area (TPSA) is 32.7 Å². The Labute approximate surface area is 103 Å². The van der Waals surface area contributed by atoms with Crippen molar-refractivity contribution in [3.63, 3.8) is 0 Å². The molecule has 0 aliphatic carbocycles. The zero-order valence-corrected chi connectivity index (χ0v) is 10.6. The third kappa shape index (κ3) is 2.99. The van der Waals surface area contributed by atoms with Gasteiger partial charge in [-0.3, -0.25) is 0 Å². The van der Waals surface area contributed by atoms with E-state index in [2.05, 4.69) is 18.0 Å². The highest BCUT2D eigenvalue weighted by Crippen LogP contribution is 2.26. The van der Waals surface area contributed by atoms with Gasteiger partial charge < -0.3 is 14.7 Å². The van der Waals surface area contributed by atoms with E-state index in [0.717, 1.165) is 37.2 Å². The first-order valence-corrected chi connectivity index (χ1v) is 6.28. The number of aliphatic hydroxyl groups excluding tert-OH is 1. The summed E-state index contributed by atoms with van der Waals surface area (Å²) in [6, 6.07) is 8.00. The van der Waals surface area contributed by atoms with Gasteiger partial charge in [0.2, 0.25) is 0 Å². The number of ether oxygens (including phenoxy) is 1. The van der Waals surface area contributed by atoms with Gasteiger partial charge in [0.25, 0.3) is 0 Å². The number of benzene rings is 1. The first kappa shape index (κ1) is 12.4. The van der Waals surface area contributed by atoms with Crippen LogP contribution < -0.4 is 4.90 Å². The monoisotopic (exact) mass is 235 g/mol. The average molecular weight is 235 g/mol. The molecular formula is C14H21NO2. The molecule has 0 aromatic heterocycles. The van der Waals surface area contributed by atoms with Crippen LogP contribution >= 0.6 is 0 Å². The molecule has 3 heteroatoms. The van der Waals surface area contributed by atoms with Crippen LogP contribution in [0, 0.1) is 0 Å². The number of para-hydroxylation sites is 1. The Morgan fingerprint density at radius 1 is 1.47 bits per heavy atom. The Morgan fingerprint density at radius 2 is 2.24 bits per heavy atom. The van der Waals surface area contributed by atoms with E-state index in [1.807, 2.05) is 18.2 Å². The van der Waals surface area contributed by atoms with Crippen molar-refractivity contribution < 1.29 is 9.84 Å². The van der Waals surface area contributed by atoms with E-state index >= 15 is 0 Å². The summed E-state index contributed by atoms with van der Waals surface area (Å²) in [4.78, 5) is 2.18. The summed E-state index contributed by atoms with van der Waals surface area (Å²) in [5.74, 6) is 0. The fourth-order valence-electron chi connectivity index (χ4n) is 2.38. The Balaban J connectivity index is 2.09. The van der Waals surface area contributed by atoms with E-state index in [1.54, 1.807) is 6.92 Å². The van der Waals surface area contributed by atoms with Crippen molar-refractivity contribution in [1.29, 1.82) is 0 Å². The summed E-state index contributed by atoms with van der Waals surface area (Å²) in [7, 11) is 2.06. The van der Waals surface area contributed by atoms with Crippen LogP contribution in [0.15, 0.2) is 24.3 Å². The molecule has 1 saturated heterocycles. The van der Waals surface area contributed by atoms with Gasteiger partial charge in [-0.25, -0.2) is 0 Å². The molecule has 0 spiro atoms. The minimum absolute atomic E-state index is 0.335. The first-order chi connectivity index (χ1) is 8.18. The Hall–Kier alpha value is -1.06. The maximum absolute atomic E-state index is 9.76. The number of rotatable bonds is 4. The molecule has 2 atom stereocenters. The summed E-state index contributed by atoms with van der Waals surface area (Å²) in [6.07, 6.45) is 2.21. The molecule has 1 aliphatic rings. The zero-order valence-electron chi connectivity index (χ0n) is 10.6. The second kappa shape index (κ2) is 5.52. The van der Waals surface area contributed by atoms with Gasteiger partial charge >= 0.3 is 0 Å². The second-order valence-electron chi connectivity index (χ2n) is 4.75. The Morgan fingerprint density at radius 3 is 2.88 bits per heavy atom. The molecule has 1 aromatic rings. The zero-order chi connectivity index (χ0) is 12.3. The van der Waals surface area contributed by atoms with E-state index in [4.69, 9.17) is 4.74 Å². The third-order valence-electron chi connectivity index (χ3n) is 3.30. The molecule has 0 bridgehead atoms. The minimum Gasteiger partial charge on any atom is -0.389 e. The van der Waals surface area contributed by atoms with Gasteiger partial charge in [0.15, 0.2) is 0 Å². The van der Waals surface area contributed by atoms with Crippen LogP contribution in [0.3, 0.4) is 0 Å². The molecule has 2 rings (SSSR count). The number of hydrogen-bond donors (Lipinski definition) is 1. The molecule has 1 heterocycles. The largest absolute Gasteiger partial charge is 0.389 e. The van der Waals surface area contributed by atoms with Gasteiger partial charge in [-0.1, -0.05) is 18.2 Å². The van der Waals surface area contributed by atoms with E-state index in [9.17, 15) is 5.11 Å². The summed E-state index contributed by atoms with van der Waals surface area (Å²) < 4.78 is 5.64. The molecular weight excluding hydrogens is 214 g/mol. The van der Waals surface area contributed by atoms with Gasteiger partial charge in [-0.05, 0) is 25.8 Å². The van der Waals surface area contributed by atoms with Crippen LogP contribution in [0.1, 0.15) is 31.4 Å². The smallest absolute Gasteiger partial charge is 0.0781 e. The van der Waals surface area contributed by atoms with Gasteiger partial charge in [0, 0.05) is 31.5 Å². The van der Waals surface area contributed by atoms with E-state index in [0.29, 0.717) is 6.10 Å². The van der Waals surface area contributed by atoms with E-state index in [-0.39, 0.29) is 0 Å². The predicted octanol–water partition coefficient (Wildman–Crippen LogP) is 2.36. The first-order valence-electron chi connectivity index (χ1n) is 6.28. The molecule has 0 radical (unpaired) electrons. The lowest BCUT2D eigenvalue weighted by Gasteiger charge is -2.26. The predicted molar refractivity (Wildman–Crippen MR) is 69.3 cm³/mol. The molecule has 1 aliphatic heterocycles. The van der Waals surface area contributed by atoms with Crippen molar-refractivity contribution >= 4 is 5.69 Å². The number of likely N-dealkylation sites (N-methyl/N-ethyl adjacent to an activating group) is 1. The third-order valence-corrected chi connectivity index (χ3v) is 3.30. The van der Waals surface area contributed by atoms with Crippen molar-refractivity contribution in [3.8, 4) is 0 Å². The maximum atomic E-state index is 9.76. The van der Waals surface area contributed by atoms with Crippen LogP contribution in [0.25, 0.3) is 0 Å². The molecule has 1 N–H and O–H groups in total. The molecule has 1 unspecified atom stereocenters. The summed E-state index contributed by atoms with van der Waals surface area (Å²) in [6.45, 7) is 3.58. The highest BCUT2D eigenvalue weighted by molar-refractivity contribution is 5.54. The van der Waals surface area contributed by atoms with Crippen molar-refractivity contribution in [3.05, 3.63) is 29.8 Å². The van der Waals surface area contributed by atoms with Gasteiger partial charge in [-0.2, -0.15) is 0 Å². The van der Waals surface area contributed by atoms with Gasteiger partial charge in [0.1, 0.15) is 0 Å². The standard InChI is InChI=1S/C14H21NO2/c1-11(16)13-7-3-4-8-14(13)15(2)10-12-6-5-9-17-12/h3-4,7-8,11-12,16H,5-6,9-10H2,1-2H3/t11-,12?/m1/s1. The number of nitrogens with zero attached hydrogens (tertiary/aromatic N) is 1. The van der Waals surface area contributed by atoms with Crippen LogP contribution in [-0.4, -0.2) is 31.4 Å². The molecule has 0 amide bonds. The lowest BCUT2D eigenvalue weighted by atomic mass is 10.1. The molecule has 1 aromatic carbocycles. The van der Waals surface area contributed by atoms with Crippen molar-refractivity contribution in [2.45, 2.75) is 32.0 Å². The fraction of sp³-hybridized carbons (Fsp3) is 0.571. The molecule has 1 fully saturated rings. The lowest BCUT2D eigenvalue weighted by molar-refractivity contribution is 0.116. The lowest BCUT2D eigenvalue weighted by Crippen LogP contribution is -2.29. The Bertz CT molecular complexity index is 359. The van der Waals surface area contributed by atoms with Crippen LogP contribution in [0.2, 0.25) is 0 Å². The van der Waals surface area contributed by atoms with E-state index < -0.39 is 6.10 Å². The van der Waals surface area contributed by atoms with Gasteiger partial charge in [-0.15, -0.1) is 0 Å². The number of hydrogen-bond acceptors (Lipinski definition) is 3. The molecule has 94 valence electrons. The Kier molecular flexibility index (Phi) is 4.02. The number of anilines is 1. The van der Waals surface area contributed by atoms with Crippen molar-refractivity contribution in [2.24, 2.45) is 0 Å². The van der Waals surface area contributed by atoms with Crippen LogP contribution in [0.5, 0.6) is 0 Å². The van der Waals surface area contributed by atoms with Crippen LogP contribution in [0.4, 0.5) is 5.69 Å². The maximum Gasteiger partial charge on any atom is 0.0781 e. The van der Waals surface area contributed by atoms with Gasteiger partial charge in [0.05, 0.1) is 12.2 Å². The minimum atomic E-state index is -0.432. The number of aliphatic hydroxyl groups is 1. The molecule has 0 saturated carbocycles. The quantitative estimate of drug-likeness (QED) is 0.869. The molecule has 17 heavy (non-hydrogen) atoms. The van der Waals surface area contributed by atoms with E-state index in [1.165, 1.54) is 0 Å². The van der Waals surface area contributed by atoms with Crippen molar-refractivity contribution in [1.82, 2.24) is 0 Å². The second-order valence-corrected chi connectivity index (χ2v) is 4.75. The SMILES string of the molecule is C[C@@H](O)c1ccccc1N(C)CC1CCCO1. The summed E-state index contributed by atoms with van der Waals surface area (Å²) in [5, 5.41) is 9.76. The van der Waals surface area contributed by atoms with Crippen LogP contribution in [-0.2, 0) is 4.74 Å². The summed E-state index contributed by atoms with van der Waals surface area (Å²) >= 11 is 0.